The molecule has 2 unspecified atom stereocenters. The summed E-state index contributed by atoms with van der Waals surface area (Å²) in [5, 5.41) is 27.8. The summed E-state index contributed by atoms with van der Waals surface area (Å²) >= 11 is 1.17. The molecular weight excluding hydrogens is 544 g/mol. The Kier molecular flexibility index (Phi) is 13.4. The minimum Gasteiger partial charge on any atom is -0.463 e. The zero-order valence-electron chi connectivity index (χ0n) is 24.6. The van der Waals surface area contributed by atoms with Crippen molar-refractivity contribution in [3.8, 4) is 12.1 Å². The molecule has 2 aromatic rings. The highest BCUT2D eigenvalue weighted by Crippen LogP contribution is 2.36. The van der Waals surface area contributed by atoms with Crippen molar-refractivity contribution in [2.75, 3.05) is 18.1 Å². The van der Waals surface area contributed by atoms with Gasteiger partial charge in [-0.25, -0.2) is 4.79 Å². The molecule has 0 saturated carbocycles. The second kappa shape index (κ2) is 16.4. The predicted octanol–water partition coefficient (Wildman–Crippen LogP) is 5.34. The van der Waals surface area contributed by atoms with Crippen LogP contribution in [0, 0.1) is 36.5 Å². The van der Waals surface area contributed by atoms with Gasteiger partial charge in [-0.15, -0.1) is 21.6 Å². The van der Waals surface area contributed by atoms with Gasteiger partial charge in [-0.05, 0) is 77.3 Å². The fourth-order valence-electron chi connectivity index (χ4n) is 3.98. The van der Waals surface area contributed by atoms with E-state index in [1.54, 1.807) is 13.8 Å². The van der Waals surface area contributed by atoms with E-state index in [4.69, 9.17) is 9.47 Å². The van der Waals surface area contributed by atoms with Crippen molar-refractivity contribution in [2.45, 2.75) is 85.5 Å². The maximum absolute atomic E-state index is 11.8. The number of esters is 1. The van der Waals surface area contributed by atoms with Gasteiger partial charge in [-0.2, -0.15) is 16.4 Å². The molecule has 1 aromatic carbocycles. The second-order valence-electron chi connectivity index (χ2n) is 9.99. The van der Waals surface area contributed by atoms with Crippen LogP contribution >= 0.6 is 11.3 Å². The lowest BCUT2D eigenvalue weighted by Crippen LogP contribution is -2.51. The number of nitrogens with zero attached hydrogens (tertiary/aromatic N) is 5. The van der Waals surface area contributed by atoms with Gasteiger partial charge < -0.3 is 14.4 Å². The summed E-state index contributed by atoms with van der Waals surface area (Å²) in [5.41, 5.74) is 3.72. The Labute approximate surface area is 245 Å². The Bertz CT molecular complexity index is 1310. The molecule has 0 fully saturated rings. The normalized spacial score (nSPS) is 12.5. The minimum absolute atomic E-state index is 0.00188. The lowest BCUT2D eigenvalue weighted by Gasteiger charge is -2.30. The van der Waals surface area contributed by atoms with Crippen LogP contribution in [0.4, 0.5) is 16.4 Å². The monoisotopic (exact) mass is 583 g/mol. The molecule has 0 amide bonds. The fourth-order valence-corrected chi connectivity index (χ4v) is 4.86. The van der Waals surface area contributed by atoms with Crippen molar-refractivity contribution in [1.82, 2.24) is 0 Å². The van der Waals surface area contributed by atoms with Gasteiger partial charge in [0.05, 0.1) is 36.8 Å². The number of hydrogen-bond donors (Lipinski definition) is 1. The predicted molar refractivity (Wildman–Crippen MR) is 155 cm³/mol. The van der Waals surface area contributed by atoms with E-state index in [0.29, 0.717) is 39.7 Å². The smallest absolute Gasteiger partial charge is 0.366 e. The van der Waals surface area contributed by atoms with Crippen molar-refractivity contribution < 1.29 is 29.8 Å². The zero-order valence-corrected chi connectivity index (χ0v) is 25.4. The first-order chi connectivity index (χ1) is 19.5. The molecule has 2 atom stereocenters. The number of hydrogen-bond acceptors (Lipinski definition) is 11. The van der Waals surface area contributed by atoms with Gasteiger partial charge in [0.15, 0.2) is 5.00 Å². The van der Waals surface area contributed by atoms with Gasteiger partial charge in [0.2, 0.25) is 0 Å². The first kappa shape index (κ1) is 33.4. The van der Waals surface area contributed by atoms with Crippen molar-refractivity contribution >= 4 is 39.7 Å². The summed E-state index contributed by atoms with van der Waals surface area (Å²) in [6.45, 7) is 13.0. The Balaban J connectivity index is 1.91. The Morgan fingerprint density at radius 3 is 2.34 bits per heavy atom. The number of quaternary nitrogens is 1. The molecule has 1 heterocycles. The van der Waals surface area contributed by atoms with Crippen LogP contribution in [0.5, 0.6) is 0 Å². The molecule has 220 valence electrons. The van der Waals surface area contributed by atoms with Crippen molar-refractivity contribution in [1.29, 1.82) is 10.5 Å². The third-order valence-electron chi connectivity index (χ3n) is 6.46. The molecule has 0 saturated heterocycles. The summed E-state index contributed by atoms with van der Waals surface area (Å²) in [5.74, 6) is 2.03. The van der Waals surface area contributed by atoms with Crippen molar-refractivity contribution in [3.05, 3.63) is 39.8 Å². The van der Waals surface area contributed by atoms with Gasteiger partial charge >= 0.3 is 11.9 Å². The van der Waals surface area contributed by atoms with Gasteiger partial charge in [0.25, 0.3) is 0 Å². The largest absolute Gasteiger partial charge is 0.463 e. The average Bonchev–Trinajstić information content (AvgIpc) is 3.24. The summed E-state index contributed by atoms with van der Waals surface area (Å²) in [6.07, 6.45) is 0.947. The standard InChI is InChI=1S/C29H39N6O5S/c1-18(2)35(13-11-20(4)38-14-12-21(5)39-27(36)9-10-28(37)40-32)23-7-8-25(19(3)15-23)33-34-29-24(16-30)22(6)26(17-31)41-29/h7-8,15,18,20-21H,9-14H2,1-6,32H3/q+1. The summed E-state index contributed by atoms with van der Waals surface area (Å²) in [4.78, 5) is 30.0. The highest BCUT2D eigenvalue weighted by molar-refractivity contribution is 7.16. The van der Waals surface area contributed by atoms with Crippen LogP contribution in [0.25, 0.3) is 0 Å². The Hall–Kier alpha value is -3.84. The highest BCUT2D eigenvalue weighted by Gasteiger charge is 2.17. The first-order valence-electron chi connectivity index (χ1n) is 13.5. The van der Waals surface area contributed by atoms with E-state index in [1.807, 2.05) is 26.0 Å². The van der Waals surface area contributed by atoms with Crippen LogP contribution < -0.4 is 10.8 Å². The Morgan fingerprint density at radius 1 is 1.02 bits per heavy atom. The third kappa shape index (κ3) is 10.3. The molecule has 1 aromatic heterocycles. The third-order valence-corrected chi connectivity index (χ3v) is 7.54. The molecule has 0 radical (unpaired) electrons. The molecule has 12 heteroatoms. The van der Waals surface area contributed by atoms with Crippen LogP contribution in [0.3, 0.4) is 0 Å². The summed E-state index contributed by atoms with van der Waals surface area (Å²) < 4.78 is 11.3. The van der Waals surface area contributed by atoms with Gasteiger partial charge in [-0.1, -0.05) is 0 Å². The molecule has 0 bridgehead atoms. The number of anilines is 1. The molecular formula is C29H39N6O5S+. The SMILES string of the molecule is Cc1cc(N(CCC(C)OCCC(C)OC(=O)CCC(=O)O[NH3+])C(C)C)ccc1N=Nc1sc(C#N)c(C)c1C#N. The molecule has 3 N–H and O–H groups in total. The van der Waals surface area contributed by atoms with E-state index in [2.05, 4.69) is 57.9 Å². The number of thiophene rings is 1. The topological polar surface area (TPSA) is 165 Å². The second-order valence-corrected chi connectivity index (χ2v) is 11.0. The number of benzene rings is 1. The number of carbonyl (C=O) groups excluding carboxylic acids is 2. The van der Waals surface area contributed by atoms with Crippen LogP contribution in [-0.2, 0) is 23.9 Å². The maximum Gasteiger partial charge on any atom is 0.366 e. The van der Waals surface area contributed by atoms with Gasteiger partial charge in [0, 0.05) is 24.7 Å². The molecule has 0 aliphatic carbocycles. The summed E-state index contributed by atoms with van der Waals surface area (Å²) in [6, 6.07) is 10.5. The Morgan fingerprint density at radius 2 is 1.73 bits per heavy atom. The number of aryl methyl sites for hydroxylation is 1. The molecule has 41 heavy (non-hydrogen) atoms. The molecule has 2 rings (SSSR count). The minimum atomic E-state index is -0.547. The first-order valence-corrected chi connectivity index (χ1v) is 14.3. The average molecular weight is 584 g/mol. The fraction of sp³-hybridized carbons (Fsp3) is 0.517. The van der Waals surface area contributed by atoms with Crippen molar-refractivity contribution in [2.24, 2.45) is 10.2 Å². The van der Waals surface area contributed by atoms with Crippen molar-refractivity contribution in [3.63, 3.8) is 0 Å². The quantitative estimate of drug-likeness (QED) is 0.167. The number of azo groups is 1. The highest BCUT2D eigenvalue weighted by atomic mass is 32.1. The maximum atomic E-state index is 11.8. The van der Waals surface area contributed by atoms with Crippen LogP contribution in [0.15, 0.2) is 28.4 Å². The molecule has 0 aliphatic heterocycles. The molecule has 0 aliphatic rings. The van der Waals surface area contributed by atoms with Crippen LogP contribution in [0.2, 0.25) is 0 Å². The van der Waals surface area contributed by atoms with E-state index in [0.717, 1.165) is 24.2 Å². The van der Waals surface area contributed by atoms with E-state index in [9.17, 15) is 20.1 Å². The molecule has 11 nitrogen and oxygen atoms in total. The van der Waals surface area contributed by atoms with E-state index in [1.165, 1.54) is 11.3 Å². The number of carbonyl (C=O) groups is 2. The number of ether oxygens (including phenoxy) is 2. The van der Waals surface area contributed by atoms with Crippen LogP contribution in [0.1, 0.15) is 74.9 Å². The van der Waals surface area contributed by atoms with E-state index in [-0.39, 0.29) is 31.1 Å². The lowest BCUT2D eigenvalue weighted by atomic mass is 10.1. The summed E-state index contributed by atoms with van der Waals surface area (Å²) in [7, 11) is 0. The lowest BCUT2D eigenvalue weighted by molar-refractivity contribution is -0.657. The molecule has 0 spiro atoms. The van der Waals surface area contributed by atoms with E-state index >= 15 is 0 Å². The van der Waals surface area contributed by atoms with Crippen LogP contribution in [-0.4, -0.2) is 43.3 Å². The van der Waals surface area contributed by atoms with Gasteiger partial charge in [-0.3, -0.25) is 9.63 Å². The number of rotatable bonds is 15. The number of nitriles is 2. The zero-order chi connectivity index (χ0) is 30.5. The van der Waals surface area contributed by atoms with Gasteiger partial charge in [0.1, 0.15) is 23.1 Å². The van der Waals surface area contributed by atoms with E-state index < -0.39 is 11.9 Å².